The van der Waals surface area contributed by atoms with E-state index >= 15 is 0 Å². The predicted octanol–water partition coefficient (Wildman–Crippen LogP) is 7.19. The predicted molar refractivity (Wildman–Crippen MR) is 156 cm³/mol. The van der Waals surface area contributed by atoms with Gasteiger partial charge in [-0.2, -0.15) is 18.2 Å². The van der Waals surface area contributed by atoms with E-state index in [1.807, 2.05) is 58.8 Å². The Hall–Kier alpha value is -4.71. The van der Waals surface area contributed by atoms with E-state index in [0.717, 1.165) is 64.7 Å². The molecule has 4 N–H and O–H groups in total. The standard InChI is InChI=1S/C30H26F3N7OS/c31-30(32,33)22-11-7-19(8-12-22)18-3-5-20(6-4-18)25-17-42-29(37-25)36-23-13-9-21(10-14-23)27-38-26(41-39-27)16-24-2-1-15-40(24)28(34)35/h3-14,17,24H,1-2,15-16H2,(H3,34,35)(H,36,37)/t24-/m0/s1. The van der Waals surface area contributed by atoms with Gasteiger partial charge in [0.05, 0.1) is 11.3 Å². The molecule has 0 bridgehead atoms. The summed E-state index contributed by atoms with van der Waals surface area (Å²) in [5, 5.41) is 17.8. The number of aromatic nitrogens is 3. The molecule has 3 heterocycles. The number of guanidine groups is 1. The molecule has 1 saturated heterocycles. The van der Waals surface area contributed by atoms with Crippen molar-refractivity contribution in [1.29, 1.82) is 5.41 Å². The minimum absolute atomic E-state index is 0.0715. The Morgan fingerprint density at radius 2 is 1.60 bits per heavy atom. The molecule has 1 atom stereocenters. The van der Waals surface area contributed by atoms with Gasteiger partial charge < -0.3 is 20.5 Å². The van der Waals surface area contributed by atoms with Crippen molar-refractivity contribution in [1.82, 2.24) is 20.0 Å². The molecule has 2 aromatic heterocycles. The Morgan fingerprint density at radius 1 is 0.952 bits per heavy atom. The zero-order valence-electron chi connectivity index (χ0n) is 22.2. The lowest BCUT2D eigenvalue weighted by molar-refractivity contribution is -0.137. The highest BCUT2D eigenvalue weighted by molar-refractivity contribution is 7.14. The summed E-state index contributed by atoms with van der Waals surface area (Å²) in [5.41, 5.74) is 9.92. The average molecular weight is 590 g/mol. The van der Waals surface area contributed by atoms with E-state index in [-0.39, 0.29) is 12.0 Å². The number of anilines is 2. The summed E-state index contributed by atoms with van der Waals surface area (Å²) in [6, 6.07) is 20.4. The molecule has 6 rings (SSSR count). The molecule has 12 heteroatoms. The van der Waals surface area contributed by atoms with Crippen molar-refractivity contribution in [3.8, 4) is 33.8 Å². The van der Waals surface area contributed by atoms with Gasteiger partial charge in [0, 0.05) is 41.2 Å². The van der Waals surface area contributed by atoms with Crippen molar-refractivity contribution < 1.29 is 17.7 Å². The maximum atomic E-state index is 12.8. The molecular weight excluding hydrogens is 563 g/mol. The van der Waals surface area contributed by atoms with Crippen molar-refractivity contribution in [2.24, 2.45) is 5.73 Å². The lowest BCUT2D eigenvalue weighted by atomic mass is 10.0. The molecule has 0 spiro atoms. The molecule has 42 heavy (non-hydrogen) atoms. The summed E-state index contributed by atoms with van der Waals surface area (Å²) in [6.07, 6.45) is -1.88. The second-order valence-corrected chi connectivity index (χ2v) is 10.8. The first-order valence-corrected chi connectivity index (χ1v) is 14.2. The third-order valence-corrected chi connectivity index (χ3v) is 7.95. The Bertz CT molecular complexity index is 1680. The summed E-state index contributed by atoms with van der Waals surface area (Å²) in [4.78, 5) is 11.1. The fourth-order valence-corrected chi connectivity index (χ4v) is 5.74. The second-order valence-electron chi connectivity index (χ2n) is 9.98. The van der Waals surface area contributed by atoms with E-state index in [1.165, 1.54) is 23.5 Å². The summed E-state index contributed by atoms with van der Waals surface area (Å²) >= 11 is 1.47. The number of hydrogen-bond acceptors (Lipinski definition) is 7. The van der Waals surface area contributed by atoms with E-state index in [1.54, 1.807) is 0 Å². The molecule has 0 amide bonds. The molecule has 8 nitrogen and oxygen atoms in total. The van der Waals surface area contributed by atoms with Crippen LogP contribution >= 0.6 is 11.3 Å². The molecule has 214 valence electrons. The van der Waals surface area contributed by atoms with Crippen LogP contribution in [-0.2, 0) is 12.6 Å². The minimum Gasteiger partial charge on any atom is -0.370 e. The minimum atomic E-state index is -4.35. The monoisotopic (exact) mass is 589 g/mol. The third-order valence-electron chi connectivity index (χ3n) is 7.19. The van der Waals surface area contributed by atoms with Gasteiger partial charge in [0.2, 0.25) is 11.7 Å². The number of hydrogen-bond donors (Lipinski definition) is 3. The first-order valence-electron chi connectivity index (χ1n) is 13.3. The first kappa shape index (κ1) is 27.5. The van der Waals surface area contributed by atoms with Gasteiger partial charge in [-0.15, -0.1) is 11.3 Å². The van der Waals surface area contributed by atoms with Gasteiger partial charge in [-0.1, -0.05) is 41.6 Å². The lowest BCUT2D eigenvalue weighted by Crippen LogP contribution is -2.41. The van der Waals surface area contributed by atoms with E-state index in [4.69, 9.17) is 15.7 Å². The topological polar surface area (TPSA) is 117 Å². The van der Waals surface area contributed by atoms with E-state index in [2.05, 4.69) is 20.4 Å². The van der Waals surface area contributed by atoms with Crippen LogP contribution in [0.25, 0.3) is 33.8 Å². The lowest BCUT2D eigenvalue weighted by Gasteiger charge is -2.23. The average Bonchev–Trinajstić information content (AvgIpc) is 3.75. The van der Waals surface area contributed by atoms with Crippen LogP contribution in [-0.4, -0.2) is 38.6 Å². The first-order chi connectivity index (χ1) is 20.2. The van der Waals surface area contributed by atoms with E-state index in [9.17, 15) is 13.2 Å². The van der Waals surface area contributed by atoms with Gasteiger partial charge in [0.15, 0.2) is 11.1 Å². The van der Waals surface area contributed by atoms with Crippen LogP contribution in [0.5, 0.6) is 0 Å². The quantitative estimate of drug-likeness (QED) is 0.136. The van der Waals surface area contributed by atoms with E-state index in [0.29, 0.717) is 23.7 Å². The van der Waals surface area contributed by atoms with Crippen LogP contribution in [0, 0.1) is 5.41 Å². The normalized spacial score (nSPS) is 15.2. The maximum absolute atomic E-state index is 12.8. The van der Waals surface area contributed by atoms with Crippen LogP contribution in [0.4, 0.5) is 24.0 Å². The highest BCUT2D eigenvalue weighted by atomic mass is 32.1. The van der Waals surface area contributed by atoms with Crippen LogP contribution in [0.2, 0.25) is 0 Å². The Labute approximate surface area is 243 Å². The number of nitrogens with one attached hydrogen (secondary N) is 2. The summed E-state index contributed by atoms with van der Waals surface area (Å²) in [7, 11) is 0. The smallest absolute Gasteiger partial charge is 0.370 e. The van der Waals surface area contributed by atoms with Crippen molar-refractivity contribution >= 4 is 28.1 Å². The van der Waals surface area contributed by atoms with E-state index < -0.39 is 11.7 Å². The summed E-state index contributed by atoms with van der Waals surface area (Å²) in [6.45, 7) is 0.772. The second kappa shape index (κ2) is 11.3. The fraction of sp³-hybridized carbons (Fsp3) is 0.200. The van der Waals surface area contributed by atoms with Gasteiger partial charge in [0.25, 0.3) is 0 Å². The highest BCUT2D eigenvalue weighted by Gasteiger charge is 2.30. The maximum Gasteiger partial charge on any atom is 0.416 e. The molecular formula is C30H26F3N7OS. The molecule has 5 aromatic rings. The Morgan fingerprint density at radius 3 is 2.26 bits per heavy atom. The van der Waals surface area contributed by atoms with Gasteiger partial charge in [-0.05, 0) is 60.4 Å². The molecule has 0 unspecified atom stereocenters. The third kappa shape index (κ3) is 5.98. The summed E-state index contributed by atoms with van der Waals surface area (Å²) < 4.78 is 44.0. The van der Waals surface area contributed by atoms with Crippen molar-refractivity contribution in [2.75, 3.05) is 11.9 Å². The van der Waals surface area contributed by atoms with Crippen LogP contribution in [0.3, 0.4) is 0 Å². The Balaban J connectivity index is 1.08. The van der Waals surface area contributed by atoms with Gasteiger partial charge >= 0.3 is 6.18 Å². The van der Waals surface area contributed by atoms with Crippen LogP contribution in [0.1, 0.15) is 24.3 Å². The molecule has 0 aliphatic carbocycles. The number of nitrogens with two attached hydrogens (primary N) is 1. The number of benzene rings is 3. The highest BCUT2D eigenvalue weighted by Crippen LogP contribution is 2.33. The fourth-order valence-electron chi connectivity index (χ4n) is 5.00. The zero-order valence-corrected chi connectivity index (χ0v) is 23.0. The SMILES string of the molecule is N=C(N)N1CCC[C@H]1Cc1nc(-c2ccc(Nc3nc(-c4ccc(-c5ccc(C(F)(F)F)cc5)cc4)cs3)cc2)no1. The molecule has 0 radical (unpaired) electrons. The molecule has 1 aliphatic heterocycles. The van der Waals surface area contributed by atoms with Crippen molar-refractivity contribution in [3.05, 3.63) is 89.6 Å². The van der Waals surface area contributed by atoms with Crippen molar-refractivity contribution in [3.63, 3.8) is 0 Å². The zero-order chi connectivity index (χ0) is 29.3. The molecule has 3 aromatic carbocycles. The largest absolute Gasteiger partial charge is 0.416 e. The van der Waals surface area contributed by atoms with Gasteiger partial charge in [0.1, 0.15) is 0 Å². The number of halogens is 3. The number of alkyl halides is 3. The van der Waals surface area contributed by atoms with Crippen LogP contribution in [0.15, 0.2) is 82.7 Å². The van der Waals surface area contributed by atoms with Gasteiger partial charge in [-0.25, -0.2) is 4.98 Å². The van der Waals surface area contributed by atoms with Crippen molar-refractivity contribution in [2.45, 2.75) is 31.5 Å². The molecule has 1 fully saturated rings. The van der Waals surface area contributed by atoms with Crippen LogP contribution < -0.4 is 11.1 Å². The number of likely N-dealkylation sites (tertiary alicyclic amines) is 1. The Kier molecular flexibility index (Phi) is 7.38. The molecule has 0 saturated carbocycles. The number of thiazole rings is 1. The van der Waals surface area contributed by atoms with Gasteiger partial charge in [-0.3, -0.25) is 5.41 Å². The molecule has 1 aliphatic rings. The summed E-state index contributed by atoms with van der Waals surface area (Å²) in [5.74, 6) is 1.09. The number of rotatable bonds is 7. The number of nitrogens with zero attached hydrogens (tertiary/aromatic N) is 4.